The Balaban J connectivity index is 1.88. The van der Waals surface area contributed by atoms with Gasteiger partial charge in [0.05, 0.1) is 0 Å². The molecule has 0 radical (unpaired) electrons. The summed E-state index contributed by atoms with van der Waals surface area (Å²) in [6, 6.07) is 11.6. The normalized spacial score (nSPS) is 9.72. The fraction of sp³-hybridized carbons (Fsp3) is 0.154. The number of aromatic nitrogens is 2. The molecule has 0 spiro atoms. The summed E-state index contributed by atoms with van der Waals surface area (Å²) in [5, 5.41) is 11.6. The van der Waals surface area contributed by atoms with Crippen LogP contribution in [-0.2, 0) is 17.9 Å². The SMILES string of the molecule is N#Cc1nccn1CC(=O)NCc1ccccc1. The van der Waals surface area contributed by atoms with Gasteiger partial charge in [-0.2, -0.15) is 5.26 Å². The first kappa shape index (κ1) is 11.9. The number of hydrogen-bond donors (Lipinski definition) is 1. The smallest absolute Gasteiger partial charge is 0.240 e. The second-order valence-corrected chi connectivity index (χ2v) is 3.75. The van der Waals surface area contributed by atoms with Gasteiger partial charge in [-0.1, -0.05) is 30.3 Å². The first-order valence-electron chi connectivity index (χ1n) is 5.51. The van der Waals surface area contributed by atoms with Crippen LogP contribution in [0.4, 0.5) is 0 Å². The second kappa shape index (κ2) is 5.64. The Morgan fingerprint density at radius 2 is 2.17 bits per heavy atom. The number of carbonyl (C=O) groups excluding carboxylic acids is 1. The molecule has 1 N–H and O–H groups in total. The van der Waals surface area contributed by atoms with Crippen LogP contribution in [-0.4, -0.2) is 15.5 Å². The molecule has 0 fully saturated rings. The number of hydrogen-bond acceptors (Lipinski definition) is 3. The standard InChI is InChI=1S/C13H12N4O/c14-8-12-15-6-7-17(12)10-13(18)16-9-11-4-2-1-3-5-11/h1-7H,9-10H2,(H,16,18). The number of nitrogens with zero attached hydrogens (tertiary/aromatic N) is 3. The number of nitriles is 1. The van der Waals surface area contributed by atoms with Crippen molar-refractivity contribution in [3.63, 3.8) is 0 Å². The van der Waals surface area contributed by atoms with E-state index in [1.165, 1.54) is 10.8 Å². The number of nitrogens with one attached hydrogen (secondary N) is 1. The summed E-state index contributed by atoms with van der Waals surface area (Å²) in [5.41, 5.74) is 1.04. The van der Waals surface area contributed by atoms with Crippen LogP contribution in [0.15, 0.2) is 42.7 Å². The number of benzene rings is 1. The zero-order valence-electron chi connectivity index (χ0n) is 9.71. The molecule has 18 heavy (non-hydrogen) atoms. The molecule has 5 heteroatoms. The van der Waals surface area contributed by atoms with Crippen molar-refractivity contribution in [1.29, 1.82) is 5.26 Å². The van der Waals surface area contributed by atoms with Crippen LogP contribution in [0.25, 0.3) is 0 Å². The average molecular weight is 240 g/mol. The van der Waals surface area contributed by atoms with Crippen molar-refractivity contribution < 1.29 is 4.79 Å². The molecule has 0 aliphatic carbocycles. The van der Waals surface area contributed by atoms with Gasteiger partial charge >= 0.3 is 0 Å². The number of carbonyl (C=O) groups is 1. The molecule has 0 bridgehead atoms. The van der Waals surface area contributed by atoms with Crippen LogP contribution >= 0.6 is 0 Å². The van der Waals surface area contributed by atoms with Crippen LogP contribution in [0.2, 0.25) is 0 Å². The summed E-state index contributed by atoms with van der Waals surface area (Å²) in [7, 11) is 0. The van der Waals surface area contributed by atoms with Crippen LogP contribution in [0, 0.1) is 11.3 Å². The van der Waals surface area contributed by atoms with Gasteiger partial charge in [-0.15, -0.1) is 0 Å². The van der Waals surface area contributed by atoms with E-state index in [2.05, 4.69) is 10.3 Å². The molecular weight excluding hydrogens is 228 g/mol. The predicted molar refractivity (Wildman–Crippen MR) is 65.2 cm³/mol. The minimum atomic E-state index is -0.145. The summed E-state index contributed by atoms with van der Waals surface area (Å²) in [6.07, 6.45) is 3.11. The zero-order valence-corrected chi connectivity index (χ0v) is 9.71. The van der Waals surface area contributed by atoms with Crippen LogP contribution in [0.5, 0.6) is 0 Å². The van der Waals surface area contributed by atoms with Gasteiger partial charge in [0.1, 0.15) is 12.6 Å². The predicted octanol–water partition coefficient (Wildman–Crippen LogP) is 1.07. The Kier molecular flexibility index (Phi) is 3.72. The van der Waals surface area contributed by atoms with Crippen molar-refractivity contribution >= 4 is 5.91 Å². The maximum Gasteiger partial charge on any atom is 0.240 e. The average Bonchev–Trinajstić information content (AvgIpc) is 2.85. The highest BCUT2D eigenvalue weighted by molar-refractivity contribution is 5.75. The Labute approximate surface area is 105 Å². The monoisotopic (exact) mass is 240 g/mol. The second-order valence-electron chi connectivity index (χ2n) is 3.75. The van der Waals surface area contributed by atoms with Crippen molar-refractivity contribution in [1.82, 2.24) is 14.9 Å². The van der Waals surface area contributed by atoms with Crippen LogP contribution in [0.1, 0.15) is 11.4 Å². The quantitative estimate of drug-likeness (QED) is 0.869. The summed E-state index contributed by atoms with van der Waals surface area (Å²) in [6.45, 7) is 0.589. The highest BCUT2D eigenvalue weighted by Crippen LogP contribution is 1.98. The Morgan fingerprint density at radius 1 is 1.39 bits per heavy atom. The molecule has 0 aliphatic rings. The molecule has 0 aliphatic heterocycles. The molecule has 0 unspecified atom stereocenters. The summed E-state index contributed by atoms with van der Waals surface area (Å²) >= 11 is 0. The Bertz CT molecular complexity index is 568. The molecule has 0 saturated carbocycles. The summed E-state index contributed by atoms with van der Waals surface area (Å²) in [5.74, 6) is 0.0956. The lowest BCUT2D eigenvalue weighted by molar-refractivity contribution is -0.121. The third-order valence-electron chi connectivity index (χ3n) is 2.46. The van der Waals surface area contributed by atoms with E-state index >= 15 is 0 Å². The van der Waals surface area contributed by atoms with Gasteiger partial charge in [-0.05, 0) is 5.56 Å². The molecule has 1 amide bonds. The number of imidazole rings is 1. The van der Waals surface area contributed by atoms with E-state index < -0.39 is 0 Å². The van der Waals surface area contributed by atoms with Crippen molar-refractivity contribution in [3.8, 4) is 6.07 Å². The van der Waals surface area contributed by atoms with Gasteiger partial charge in [-0.3, -0.25) is 4.79 Å². The molecular formula is C13H12N4O. The van der Waals surface area contributed by atoms with Gasteiger partial charge in [0.15, 0.2) is 0 Å². The largest absolute Gasteiger partial charge is 0.350 e. The van der Waals surface area contributed by atoms with E-state index in [0.29, 0.717) is 6.54 Å². The minimum Gasteiger partial charge on any atom is -0.350 e. The Hall–Kier alpha value is -2.61. The number of rotatable bonds is 4. The molecule has 0 atom stereocenters. The summed E-state index contributed by atoms with van der Waals surface area (Å²) in [4.78, 5) is 15.5. The van der Waals surface area contributed by atoms with Crippen molar-refractivity contribution in [2.75, 3.05) is 0 Å². The van der Waals surface area contributed by atoms with E-state index in [1.54, 1.807) is 6.20 Å². The van der Waals surface area contributed by atoms with E-state index in [1.807, 2.05) is 36.4 Å². The number of amides is 1. The van der Waals surface area contributed by atoms with Crippen LogP contribution < -0.4 is 5.32 Å². The molecule has 2 aromatic rings. The molecule has 1 heterocycles. The van der Waals surface area contributed by atoms with E-state index in [4.69, 9.17) is 5.26 Å². The maximum absolute atomic E-state index is 11.7. The molecule has 1 aromatic heterocycles. The van der Waals surface area contributed by atoms with E-state index in [9.17, 15) is 4.79 Å². The molecule has 1 aromatic carbocycles. The van der Waals surface area contributed by atoms with E-state index in [0.717, 1.165) is 5.56 Å². The molecule has 2 rings (SSSR count). The topological polar surface area (TPSA) is 70.7 Å². The summed E-state index contributed by atoms with van der Waals surface area (Å²) < 4.78 is 1.51. The highest BCUT2D eigenvalue weighted by Gasteiger charge is 2.06. The van der Waals surface area contributed by atoms with Crippen molar-refractivity contribution in [3.05, 3.63) is 54.1 Å². The minimum absolute atomic E-state index is 0.107. The lowest BCUT2D eigenvalue weighted by Gasteiger charge is -2.06. The van der Waals surface area contributed by atoms with Crippen LogP contribution in [0.3, 0.4) is 0 Å². The zero-order chi connectivity index (χ0) is 12.8. The third kappa shape index (κ3) is 2.95. The highest BCUT2D eigenvalue weighted by atomic mass is 16.1. The Morgan fingerprint density at radius 3 is 2.89 bits per heavy atom. The van der Waals surface area contributed by atoms with E-state index in [-0.39, 0.29) is 18.3 Å². The first-order valence-corrected chi connectivity index (χ1v) is 5.51. The molecule has 90 valence electrons. The molecule has 5 nitrogen and oxygen atoms in total. The van der Waals surface area contributed by atoms with Gasteiger partial charge in [-0.25, -0.2) is 4.98 Å². The molecule has 0 saturated heterocycles. The first-order chi connectivity index (χ1) is 8.79. The van der Waals surface area contributed by atoms with Gasteiger partial charge in [0, 0.05) is 18.9 Å². The van der Waals surface area contributed by atoms with Crippen molar-refractivity contribution in [2.24, 2.45) is 0 Å². The fourth-order valence-electron chi connectivity index (χ4n) is 1.56. The van der Waals surface area contributed by atoms with Gasteiger partial charge in [0.2, 0.25) is 11.7 Å². The van der Waals surface area contributed by atoms with Crippen molar-refractivity contribution in [2.45, 2.75) is 13.1 Å². The lowest BCUT2D eigenvalue weighted by atomic mass is 10.2. The lowest BCUT2D eigenvalue weighted by Crippen LogP contribution is -2.27. The van der Waals surface area contributed by atoms with Gasteiger partial charge < -0.3 is 9.88 Å². The fourth-order valence-corrected chi connectivity index (χ4v) is 1.56. The third-order valence-corrected chi connectivity index (χ3v) is 2.46. The maximum atomic E-state index is 11.7. The van der Waals surface area contributed by atoms with Gasteiger partial charge in [0.25, 0.3) is 0 Å².